The van der Waals surface area contributed by atoms with Crippen LogP contribution in [-0.2, 0) is 0 Å². The van der Waals surface area contributed by atoms with Crippen molar-refractivity contribution in [2.75, 3.05) is 14.2 Å². The van der Waals surface area contributed by atoms with E-state index in [1.165, 1.54) is 13.2 Å². The van der Waals surface area contributed by atoms with E-state index in [-0.39, 0.29) is 17.6 Å². The van der Waals surface area contributed by atoms with E-state index in [2.05, 4.69) is 5.32 Å². The van der Waals surface area contributed by atoms with Gasteiger partial charge in [0.05, 0.1) is 13.2 Å². The van der Waals surface area contributed by atoms with Crippen LogP contribution in [0.4, 0.5) is 4.39 Å². The van der Waals surface area contributed by atoms with E-state index in [0.29, 0.717) is 5.02 Å². The van der Waals surface area contributed by atoms with Crippen LogP contribution in [0.5, 0.6) is 5.75 Å². The molecule has 0 aliphatic heterocycles. The number of rotatable bonds is 4. The molecule has 20 heavy (non-hydrogen) atoms. The maximum Gasteiger partial charge on any atom is 0.165 e. The van der Waals surface area contributed by atoms with Gasteiger partial charge in [-0.05, 0) is 54.9 Å². The topological polar surface area (TPSA) is 21.3 Å². The number of ether oxygens (including phenoxy) is 1. The Kier molecular flexibility index (Phi) is 4.63. The first-order chi connectivity index (χ1) is 9.56. The summed E-state index contributed by atoms with van der Waals surface area (Å²) in [7, 11) is 3.29. The molecule has 2 nitrogen and oxygen atoms in total. The summed E-state index contributed by atoms with van der Waals surface area (Å²) >= 11 is 6.06. The lowest BCUT2D eigenvalue weighted by atomic mass is 9.95. The molecule has 0 fully saturated rings. The fourth-order valence-electron chi connectivity index (χ4n) is 2.29. The largest absolute Gasteiger partial charge is 0.494 e. The van der Waals surface area contributed by atoms with E-state index >= 15 is 0 Å². The van der Waals surface area contributed by atoms with Gasteiger partial charge in [-0.1, -0.05) is 23.7 Å². The zero-order chi connectivity index (χ0) is 14.7. The molecule has 0 saturated carbocycles. The molecule has 2 rings (SSSR count). The number of aryl methyl sites for hydroxylation is 1. The summed E-state index contributed by atoms with van der Waals surface area (Å²) in [6.07, 6.45) is 0. The molecule has 2 aromatic rings. The van der Waals surface area contributed by atoms with E-state index in [0.717, 1.165) is 16.7 Å². The van der Waals surface area contributed by atoms with Gasteiger partial charge in [-0.25, -0.2) is 4.39 Å². The maximum absolute atomic E-state index is 13.9. The molecule has 1 unspecified atom stereocenters. The number of halogens is 2. The van der Waals surface area contributed by atoms with E-state index in [9.17, 15) is 4.39 Å². The molecule has 0 bridgehead atoms. The zero-order valence-corrected chi connectivity index (χ0v) is 12.5. The predicted molar refractivity (Wildman–Crippen MR) is 80.0 cm³/mol. The highest BCUT2D eigenvalue weighted by Gasteiger charge is 2.16. The van der Waals surface area contributed by atoms with Gasteiger partial charge in [0.25, 0.3) is 0 Å². The van der Waals surface area contributed by atoms with Crippen LogP contribution in [0.25, 0.3) is 0 Å². The normalized spacial score (nSPS) is 12.2. The monoisotopic (exact) mass is 293 g/mol. The molecule has 0 radical (unpaired) electrons. The van der Waals surface area contributed by atoms with Crippen molar-refractivity contribution in [3.05, 3.63) is 63.9 Å². The Hall–Kier alpha value is -1.58. The number of hydrogen-bond donors (Lipinski definition) is 1. The molecule has 0 aliphatic rings. The summed E-state index contributed by atoms with van der Waals surface area (Å²) in [5.41, 5.74) is 2.96. The number of methoxy groups -OCH3 is 1. The molecule has 106 valence electrons. The molecule has 1 N–H and O–H groups in total. The molecule has 0 heterocycles. The van der Waals surface area contributed by atoms with Crippen molar-refractivity contribution in [2.45, 2.75) is 13.0 Å². The Morgan fingerprint density at radius 2 is 1.95 bits per heavy atom. The summed E-state index contributed by atoms with van der Waals surface area (Å²) < 4.78 is 18.8. The van der Waals surface area contributed by atoms with E-state index < -0.39 is 0 Å². The van der Waals surface area contributed by atoms with Crippen molar-refractivity contribution in [1.29, 1.82) is 0 Å². The zero-order valence-electron chi connectivity index (χ0n) is 11.7. The van der Waals surface area contributed by atoms with Gasteiger partial charge in [0.1, 0.15) is 0 Å². The molecule has 0 aromatic heterocycles. The maximum atomic E-state index is 13.9. The third kappa shape index (κ3) is 2.94. The summed E-state index contributed by atoms with van der Waals surface area (Å²) in [6, 6.07) is 10.6. The van der Waals surface area contributed by atoms with E-state index in [1.54, 1.807) is 6.07 Å². The highest BCUT2D eigenvalue weighted by molar-refractivity contribution is 6.30. The fraction of sp³-hybridized carbons (Fsp3) is 0.250. The second kappa shape index (κ2) is 6.25. The summed E-state index contributed by atoms with van der Waals surface area (Å²) in [5.74, 6) is -0.128. The molecular formula is C16H17ClFNO. The van der Waals surface area contributed by atoms with Gasteiger partial charge in [0, 0.05) is 5.02 Å². The minimum absolute atomic E-state index is 0.117. The van der Waals surface area contributed by atoms with Crippen molar-refractivity contribution >= 4 is 11.6 Å². The summed E-state index contributed by atoms with van der Waals surface area (Å²) in [5, 5.41) is 3.87. The van der Waals surface area contributed by atoms with Gasteiger partial charge in [0.2, 0.25) is 0 Å². The molecule has 1 atom stereocenters. The minimum Gasteiger partial charge on any atom is -0.494 e. The lowest BCUT2D eigenvalue weighted by Gasteiger charge is -2.20. The molecule has 2 aromatic carbocycles. The van der Waals surface area contributed by atoms with Gasteiger partial charge in [0.15, 0.2) is 11.6 Å². The second-order valence-corrected chi connectivity index (χ2v) is 5.05. The third-order valence-electron chi connectivity index (χ3n) is 3.35. The Morgan fingerprint density at radius 1 is 1.20 bits per heavy atom. The van der Waals surface area contributed by atoms with Crippen LogP contribution in [0.15, 0.2) is 36.4 Å². The first-order valence-electron chi connectivity index (χ1n) is 6.33. The molecule has 0 saturated heterocycles. The van der Waals surface area contributed by atoms with Crippen LogP contribution in [0.3, 0.4) is 0 Å². The predicted octanol–water partition coefficient (Wildman–Crippen LogP) is 4.10. The van der Waals surface area contributed by atoms with E-state index in [1.807, 2.05) is 38.2 Å². The van der Waals surface area contributed by atoms with Crippen molar-refractivity contribution in [2.24, 2.45) is 0 Å². The van der Waals surface area contributed by atoms with E-state index in [4.69, 9.17) is 16.3 Å². The van der Waals surface area contributed by atoms with Crippen LogP contribution < -0.4 is 10.1 Å². The van der Waals surface area contributed by atoms with Crippen molar-refractivity contribution in [1.82, 2.24) is 5.32 Å². The van der Waals surface area contributed by atoms with Gasteiger partial charge in [-0.15, -0.1) is 0 Å². The lowest BCUT2D eigenvalue weighted by Crippen LogP contribution is -2.19. The van der Waals surface area contributed by atoms with Crippen molar-refractivity contribution in [3.63, 3.8) is 0 Å². The quantitative estimate of drug-likeness (QED) is 0.916. The lowest BCUT2D eigenvalue weighted by molar-refractivity contribution is 0.386. The smallest absolute Gasteiger partial charge is 0.165 e. The van der Waals surface area contributed by atoms with Crippen LogP contribution in [0, 0.1) is 12.7 Å². The second-order valence-electron chi connectivity index (χ2n) is 4.62. The average molecular weight is 294 g/mol. The molecule has 4 heteroatoms. The fourth-order valence-corrected chi connectivity index (χ4v) is 2.47. The summed E-state index contributed by atoms with van der Waals surface area (Å²) in [6.45, 7) is 2.01. The van der Waals surface area contributed by atoms with Crippen molar-refractivity contribution < 1.29 is 9.13 Å². The molecular weight excluding hydrogens is 277 g/mol. The number of benzene rings is 2. The highest BCUT2D eigenvalue weighted by Crippen LogP contribution is 2.29. The van der Waals surface area contributed by atoms with Crippen LogP contribution in [-0.4, -0.2) is 14.2 Å². The first kappa shape index (κ1) is 14.8. The minimum atomic E-state index is -0.370. The highest BCUT2D eigenvalue weighted by atomic mass is 35.5. The number of hydrogen-bond acceptors (Lipinski definition) is 2. The third-order valence-corrected chi connectivity index (χ3v) is 3.59. The van der Waals surface area contributed by atoms with Crippen LogP contribution in [0.2, 0.25) is 5.02 Å². The Morgan fingerprint density at radius 3 is 2.55 bits per heavy atom. The number of nitrogens with one attached hydrogen (secondary N) is 1. The standard InChI is InChI=1S/C16H17ClFNO/c1-10-4-6-12(17)9-13(10)16(19-2)11-5-7-15(20-3)14(18)8-11/h4-9,16,19H,1-3H3. The molecule has 0 amide bonds. The van der Waals surface area contributed by atoms with Gasteiger partial charge in [-0.2, -0.15) is 0 Å². The molecule has 0 aliphatic carbocycles. The SMILES string of the molecule is CNC(c1ccc(OC)c(F)c1)c1cc(Cl)ccc1C. The van der Waals surface area contributed by atoms with Gasteiger partial charge < -0.3 is 10.1 Å². The van der Waals surface area contributed by atoms with Crippen molar-refractivity contribution in [3.8, 4) is 5.75 Å². The Balaban J connectivity index is 2.46. The Labute approximate surface area is 123 Å². The van der Waals surface area contributed by atoms with Gasteiger partial charge in [-0.3, -0.25) is 0 Å². The van der Waals surface area contributed by atoms with Crippen LogP contribution in [0.1, 0.15) is 22.7 Å². The average Bonchev–Trinajstić information content (AvgIpc) is 2.44. The molecule has 0 spiro atoms. The summed E-state index contributed by atoms with van der Waals surface area (Å²) in [4.78, 5) is 0. The van der Waals surface area contributed by atoms with Crippen LogP contribution >= 0.6 is 11.6 Å². The first-order valence-corrected chi connectivity index (χ1v) is 6.71. The van der Waals surface area contributed by atoms with Gasteiger partial charge >= 0.3 is 0 Å². The Bertz CT molecular complexity index is 615.